The molecule has 0 saturated carbocycles. The molecule has 0 aliphatic heterocycles. The lowest BCUT2D eigenvalue weighted by Gasteiger charge is -2.13. The molecule has 1 aromatic carbocycles. The number of hydrogen-bond donors (Lipinski definition) is 1. The standard InChI is InChI=1S/C15H18ClN3O/c1-18(2)15(20)12-4-5-13(16)14(8-12)17-9-11-6-7-19(3)10-11/h4-8,10,17H,9H2,1-3H3. The highest BCUT2D eigenvalue weighted by molar-refractivity contribution is 6.33. The van der Waals surface area contributed by atoms with Crippen molar-refractivity contribution >= 4 is 23.2 Å². The van der Waals surface area contributed by atoms with Crippen LogP contribution in [0.25, 0.3) is 0 Å². The van der Waals surface area contributed by atoms with Crippen LogP contribution in [-0.2, 0) is 13.6 Å². The summed E-state index contributed by atoms with van der Waals surface area (Å²) in [4.78, 5) is 13.5. The van der Waals surface area contributed by atoms with Gasteiger partial charge < -0.3 is 14.8 Å². The summed E-state index contributed by atoms with van der Waals surface area (Å²) >= 11 is 6.16. The van der Waals surface area contributed by atoms with Crippen molar-refractivity contribution < 1.29 is 4.79 Å². The molecule has 2 aromatic rings. The Hall–Kier alpha value is -1.94. The summed E-state index contributed by atoms with van der Waals surface area (Å²) in [6.45, 7) is 0.667. The van der Waals surface area contributed by atoms with Crippen molar-refractivity contribution in [1.29, 1.82) is 0 Å². The van der Waals surface area contributed by atoms with Crippen LogP contribution in [0.4, 0.5) is 5.69 Å². The lowest BCUT2D eigenvalue weighted by molar-refractivity contribution is 0.0827. The Morgan fingerprint density at radius 1 is 1.35 bits per heavy atom. The Morgan fingerprint density at radius 2 is 2.10 bits per heavy atom. The van der Waals surface area contributed by atoms with E-state index in [1.165, 1.54) is 0 Å². The van der Waals surface area contributed by atoms with Crippen LogP contribution in [-0.4, -0.2) is 29.5 Å². The number of carbonyl (C=O) groups excluding carboxylic acids is 1. The van der Waals surface area contributed by atoms with Crippen LogP contribution < -0.4 is 5.32 Å². The molecule has 0 spiro atoms. The Labute approximate surface area is 124 Å². The van der Waals surface area contributed by atoms with E-state index in [4.69, 9.17) is 11.6 Å². The quantitative estimate of drug-likeness (QED) is 0.940. The number of rotatable bonds is 4. The van der Waals surface area contributed by atoms with Crippen molar-refractivity contribution in [3.8, 4) is 0 Å². The zero-order valence-corrected chi connectivity index (χ0v) is 12.6. The van der Waals surface area contributed by atoms with E-state index in [2.05, 4.69) is 5.32 Å². The normalized spacial score (nSPS) is 10.4. The van der Waals surface area contributed by atoms with E-state index in [-0.39, 0.29) is 5.91 Å². The lowest BCUT2D eigenvalue weighted by Crippen LogP contribution is -2.21. The number of nitrogens with one attached hydrogen (secondary N) is 1. The third-order valence-corrected chi connectivity index (χ3v) is 3.33. The minimum atomic E-state index is -0.0376. The molecule has 0 bridgehead atoms. The highest BCUT2D eigenvalue weighted by atomic mass is 35.5. The van der Waals surface area contributed by atoms with Gasteiger partial charge in [0.05, 0.1) is 10.7 Å². The fourth-order valence-electron chi connectivity index (χ4n) is 1.91. The zero-order chi connectivity index (χ0) is 14.7. The summed E-state index contributed by atoms with van der Waals surface area (Å²) in [5, 5.41) is 3.87. The lowest BCUT2D eigenvalue weighted by atomic mass is 10.1. The first kappa shape index (κ1) is 14.5. The molecule has 106 valence electrons. The maximum Gasteiger partial charge on any atom is 0.253 e. The molecule has 0 atom stereocenters. The Kier molecular flexibility index (Phi) is 4.35. The average molecular weight is 292 g/mol. The van der Waals surface area contributed by atoms with Gasteiger partial charge in [0.1, 0.15) is 0 Å². The van der Waals surface area contributed by atoms with E-state index in [1.54, 1.807) is 37.2 Å². The number of hydrogen-bond acceptors (Lipinski definition) is 2. The predicted molar refractivity (Wildman–Crippen MR) is 82.2 cm³/mol. The molecule has 0 radical (unpaired) electrons. The second-order valence-corrected chi connectivity index (χ2v) is 5.34. The monoisotopic (exact) mass is 291 g/mol. The van der Waals surface area contributed by atoms with Crippen LogP contribution in [0.1, 0.15) is 15.9 Å². The number of halogens is 1. The molecule has 2 rings (SSSR count). The molecule has 0 saturated heterocycles. The van der Waals surface area contributed by atoms with Gasteiger partial charge >= 0.3 is 0 Å². The fraction of sp³-hybridized carbons (Fsp3) is 0.267. The van der Waals surface area contributed by atoms with Crippen LogP contribution in [0.15, 0.2) is 36.7 Å². The van der Waals surface area contributed by atoms with Crippen LogP contribution in [0.3, 0.4) is 0 Å². The van der Waals surface area contributed by atoms with Gasteiger partial charge in [-0.25, -0.2) is 0 Å². The maximum atomic E-state index is 11.9. The molecule has 0 unspecified atom stereocenters. The minimum absolute atomic E-state index is 0.0376. The molecule has 1 amide bonds. The van der Waals surface area contributed by atoms with Crippen molar-refractivity contribution in [3.63, 3.8) is 0 Å². The highest BCUT2D eigenvalue weighted by Crippen LogP contribution is 2.24. The summed E-state index contributed by atoms with van der Waals surface area (Å²) in [7, 11) is 5.44. The molecule has 0 fully saturated rings. The second kappa shape index (κ2) is 6.01. The third-order valence-electron chi connectivity index (χ3n) is 3.00. The molecule has 1 N–H and O–H groups in total. The van der Waals surface area contributed by atoms with Gasteiger partial charge in [-0.2, -0.15) is 0 Å². The first-order chi connectivity index (χ1) is 9.47. The number of benzene rings is 1. The summed E-state index contributed by atoms with van der Waals surface area (Å²) in [5.41, 5.74) is 2.55. The number of aromatic nitrogens is 1. The number of anilines is 1. The van der Waals surface area contributed by atoms with Crippen molar-refractivity contribution in [2.75, 3.05) is 19.4 Å². The molecule has 0 aliphatic carbocycles. The smallest absolute Gasteiger partial charge is 0.253 e. The number of aryl methyl sites for hydroxylation is 1. The predicted octanol–water partition coefficient (Wildman–Crippen LogP) is 2.99. The molecule has 20 heavy (non-hydrogen) atoms. The van der Waals surface area contributed by atoms with Crippen LogP contribution in [0, 0.1) is 0 Å². The van der Waals surface area contributed by atoms with E-state index in [0.29, 0.717) is 17.1 Å². The minimum Gasteiger partial charge on any atom is -0.380 e. The molecular weight excluding hydrogens is 274 g/mol. The summed E-state index contributed by atoms with van der Waals surface area (Å²) in [6, 6.07) is 7.30. The number of amides is 1. The van der Waals surface area contributed by atoms with Crippen LogP contribution in [0.2, 0.25) is 5.02 Å². The summed E-state index contributed by atoms with van der Waals surface area (Å²) < 4.78 is 1.99. The van der Waals surface area contributed by atoms with Crippen molar-refractivity contribution in [3.05, 3.63) is 52.8 Å². The van der Waals surface area contributed by atoms with E-state index in [1.807, 2.05) is 30.1 Å². The van der Waals surface area contributed by atoms with Gasteiger partial charge in [0.25, 0.3) is 5.91 Å². The zero-order valence-electron chi connectivity index (χ0n) is 11.9. The molecule has 5 heteroatoms. The van der Waals surface area contributed by atoms with Gasteiger partial charge in [-0.05, 0) is 29.8 Å². The molecule has 1 aromatic heterocycles. The summed E-state index contributed by atoms with van der Waals surface area (Å²) in [6.07, 6.45) is 4.03. The van der Waals surface area contributed by atoms with E-state index < -0.39 is 0 Å². The number of nitrogens with zero attached hydrogens (tertiary/aromatic N) is 2. The van der Waals surface area contributed by atoms with E-state index in [9.17, 15) is 4.79 Å². The Bertz CT molecular complexity index is 619. The Morgan fingerprint density at radius 3 is 2.70 bits per heavy atom. The van der Waals surface area contributed by atoms with Gasteiger partial charge in [0.15, 0.2) is 0 Å². The van der Waals surface area contributed by atoms with Crippen LogP contribution in [0.5, 0.6) is 0 Å². The summed E-state index contributed by atoms with van der Waals surface area (Å²) in [5.74, 6) is -0.0376. The second-order valence-electron chi connectivity index (χ2n) is 4.93. The van der Waals surface area contributed by atoms with Gasteiger partial charge in [0.2, 0.25) is 0 Å². The largest absolute Gasteiger partial charge is 0.380 e. The third kappa shape index (κ3) is 3.33. The van der Waals surface area contributed by atoms with Crippen LogP contribution >= 0.6 is 11.6 Å². The highest BCUT2D eigenvalue weighted by Gasteiger charge is 2.10. The van der Waals surface area contributed by atoms with Crippen molar-refractivity contribution in [2.45, 2.75) is 6.54 Å². The molecule has 4 nitrogen and oxygen atoms in total. The average Bonchev–Trinajstić information content (AvgIpc) is 2.82. The van der Waals surface area contributed by atoms with Crippen molar-refractivity contribution in [1.82, 2.24) is 9.47 Å². The molecular formula is C15H18ClN3O. The molecule has 0 aliphatic rings. The van der Waals surface area contributed by atoms with Gasteiger partial charge in [-0.3, -0.25) is 4.79 Å². The maximum absolute atomic E-state index is 11.9. The molecule has 1 heterocycles. The Balaban J connectivity index is 2.14. The first-order valence-electron chi connectivity index (χ1n) is 6.33. The van der Waals surface area contributed by atoms with Gasteiger partial charge in [-0.1, -0.05) is 11.6 Å². The van der Waals surface area contributed by atoms with Gasteiger partial charge in [-0.15, -0.1) is 0 Å². The first-order valence-corrected chi connectivity index (χ1v) is 6.71. The number of carbonyl (C=O) groups is 1. The fourth-order valence-corrected chi connectivity index (χ4v) is 2.10. The van der Waals surface area contributed by atoms with Gasteiger partial charge in [0, 0.05) is 45.6 Å². The topological polar surface area (TPSA) is 37.3 Å². The van der Waals surface area contributed by atoms with E-state index >= 15 is 0 Å². The van der Waals surface area contributed by atoms with Crippen molar-refractivity contribution in [2.24, 2.45) is 7.05 Å². The SMILES string of the molecule is CN(C)C(=O)c1ccc(Cl)c(NCc2ccn(C)c2)c1. The van der Waals surface area contributed by atoms with E-state index in [0.717, 1.165) is 11.3 Å².